The van der Waals surface area contributed by atoms with Gasteiger partial charge in [0.2, 0.25) is 5.71 Å². The van der Waals surface area contributed by atoms with E-state index in [1.807, 2.05) is 0 Å². The van der Waals surface area contributed by atoms with E-state index in [9.17, 15) is 4.79 Å². The van der Waals surface area contributed by atoms with Crippen LogP contribution in [0, 0.1) is 0 Å². The standard InChI is InChI=1S/C21H39N3O2/c1-2-3-4-5-6-7-8-9-10-11-12-13-14-15-16-17-18-22-20-19(21(25)26)23-24-20/h2-18H2,1H3,(H,22,24)(H,25,26). The first-order chi connectivity index (χ1) is 12.8. The summed E-state index contributed by atoms with van der Waals surface area (Å²) in [4.78, 5) is 15.0. The Kier molecular flexibility index (Phi) is 13.8. The first-order valence-electron chi connectivity index (χ1n) is 10.9. The first-order valence-corrected chi connectivity index (χ1v) is 10.9. The summed E-state index contributed by atoms with van der Waals surface area (Å²) >= 11 is 0. The van der Waals surface area contributed by atoms with E-state index >= 15 is 0 Å². The van der Waals surface area contributed by atoms with Crippen LogP contribution in [-0.2, 0) is 4.79 Å². The van der Waals surface area contributed by atoms with E-state index in [0.717, 1.165) is 6.42 Å². The Morgan fingerprint density at radius 1 is 0.808 bits per heavy atom. The summed E-state index contributed by atoms with van der Waals surface area (Å²) in [6.07, 6.45) is 21.6. The number of unbranched alkanes of at least 4 members (excludes halogenated alkanes) is 15. The van der Waals surface area contributed by atoms with Gasteiger partial charge >= 0.3 is 5.97 Å². The van der Waals surface area contributed by atoms with E-state index < -0.39 is 5.97 Å². The van der Waals surface area contributed by atoms with Crippen molar-refractivity contribution in [3.05, 3.63) is 0 Å². The maximum absolute atomic E-state index is 10.7. The Hall–Kier alpha value is -1.39. The van der Waals surface area contributed by atoms with Crippen LogP contribution in [0.5, 0.6) is 0 Å². The third-order valence-electron chi connectivity index (χ3n) is 4.98. The van der Waals surface area contributed by atoms with Crippen LogP contribution in [0.1, 0.15) is 110 Å². The molecule has 0 aromatic rings. The predicted molar refractivity (Wildman–Crippen MR) is 110 cm³/mol. The number of carbonyl (C=O) groups is 1. The van der Waals surface area contributed by atoms with Crippen molar-refractivity contribution in [2.75, 3.05) is 6.54 Å². The SMILES string of the molecule is CCCCCCCCCCCCCCCCCCN=C1NN=C1C(=O)O. The minimum Gasteiger partial charge on any atom is -0.476 e. The molecule has 1 aliphatic rings. The van der Waals surface area contributed by atoms with Crippen molar-refractivity contribution in [2.24, 2.45) is 10.1 Å². The number of rotatable bonds is 18. The van der Waals surface area contributed by atoms with Crippen LogP contribution in [0.15, 0.2) is 10.1 Å². The molecule has 0 aliphatic carbocycles. The molecule has 0 bridgehead atoms. The second kappa shape index (κ2) is 15.8. The summed E-state index contributed by atoms with van der Waals surface area (Å²) in [5.74, 6) is -0.576. The topological polar surface area (TPSA) is 74.0 Å². The second-order valence-corrected chi connectivity index (χ2v) is 7.41. The Morgan fingerprint density at radius 3 is 1.58 bits per heavy atom. The normalized spacial score (nSPS) is 14.8. The molecule has 0 saturated heterocycles. The minimum atomic E-state index is -1.01. The summed E-state index contributed by atoms with van der Waals surface area (Å²) in [7, 11) is 0. The van der Waals surface area contributed by atoms with Crippen molar-refractivity contribution >= 4 is 17.5 Å². The average molecular weight is 366 g/mol. The average Bonchev–Trinajstić information content (AvgIpc) is 2.59. The highest BCUT2D eigenvalue weighted by Crippen LogP contribution is 2.13. The number of hydrogen-bond acceptors (Lipinski definition) is 3. The molecule has 2 N–H and O–H groups in total. The molecule has 0 aromatic carbocycles. The highest BCUT2D eigenvalue weighted by atomic mass is 16.4. The number of carboxylic acid groups (broad SMARTS) is 1. The maximum atomic E-state index is 10.7. The van der Waals surface area contributed by atoms with Crippen molar-refractivity contribution < 1.29 is 9.90 Å². The molecule has 5 heteroatoms. The first kappa shape index (κ1) is 22.7. The number of hydrazone groups is 1. The van der Waals surface area contributed by atoms with Gasteiger partial charge in [-0.2, -0.15) is 5.10 Å². The van der Waals surface area contributed by atoms with E-state index in [2.05, 4.69) is 22.4 Å². The molecule has 150 valence electrons. The van der Waals surface area contributed by atoms with Crippen LogP contribution in [-0.4, -0.2) is 29.2 Å². The van der Waals surface area contributed by atoms with Gasteiger partial charge in [-0.25, -0.2) is 4.79 Å². The lowest BCUT2D eigenvalue weighted by Crippen LogP contribution is -2.43. The largest absolute Gasteiger partial charge is 0.476 e. The number of hydrogen-bond donors (Lipinski definition) is 2. The number of nitrogens with zero attached hydrogens (tertiary/aromatic N) is 2. The van der Waals surface area contributed by atoms with E-state index in [4.69, 9.17) is 5.11 Å². The molecule has 0 amide bonds. The molecule has 0 atom stereocenters. The highest BCUT2D eigenvalue weighted by molar-refractivity contribution is 6.67. The zero-order valence-corrected chi connectivity index (χ0v) is 16.8. The van der Waals surface area contributed by atoms with Gasteiger partial charge in [-0.05, 0) is 6.42 Å². The lowest BCUT2D eigenvalue weighted by atomic mass is 10.0. The molecular formula is C21H39N3O2. The summed E-state index contributed by atoms with van der Waals surface area (Å²) in [5, 5.41) is 12.4. The predicted octanol–water partition coefficient (Wildman–Crippen LogP) is 5.69. The molecule has 1 aliphatic heterocycles. The number of aliphatic imine (C=N–C) groups is 1. The Labute approximate surface area is 159 Å². The number of aliphatic carboxylic acids is 1. The zero-order valence-electron chi connectivity index (χ0n) is 16.8. The fourth-order valence-electron chi connectivity index (χ4n) is 3.27. The number of carboxylic acids is 1. The van der Waals surface area contributed by atoms with Crippen LogP contribution in [0.2, 0.25) is 0 Å². The fraction of sp³-hybridized carbons (Fsp3) is 0.857. The third-order valence-corrected chi connectivity index (χ3v) is 4.98. The summed E-state index contributed by atoms with van der Waals surface area (Å²) < 4.78 is 0. The molecule has 0 saturated carbocycles. The van der Waals surface area contributed by atoms with Crippen molar-refractivity contribution in [3.63, 3.8) is 0 Å². The lowest BCUT2D eigenvalue weighted by Gasteiger charge is -2.13. The van der Waals surface area contributed by atoms with Gasteiger partial charge in [0.25, 0.3) is 0 Å². The number of nitrogens with one attached hydrogen (secondary N) is 1. The Morgan fingerprint density at radius 2 is 1.23 bits per heavy atom. The van der Waals surface area contributed by atoms with Gasteiger partial charge in [0, 0.05) is 6.54 Å². The van der Waals surface area contributed by atoms with Crippen LogP contribution in [0.3, 0.4) is 0 Å². The van der Waals surface area contributed by atoms with Crippen LogP contribution < -0.4 is 5.43 Å². The third kappa shape index (κ3) is 11.3. The van der Waals surface area contributed by atoms with Gasteiger partial charge in [0.05, 0.1) is 0 Å². The summed E-state index contributed by atoms with van der Waals surface area (Å²) in [5.41, 5.74) is 2.65. The quantitative estimate of drug-likeness (QED) is 0.306. The van der Waals surface area contributed by atoms with Gasteiger partial charge in [-0.15, -0.1) is 0 Å². The van der Waals surface area contributed by atoms with Gasteiger partial charge in [-0.1, -0.05) is 103 Å². The monoisotopic (exact) mass is 365 g/mol. The van der Waals surface area contributed by atoms with Crippen LogP contribution >= 0.6 is 0 Å². The zero-order chi connectivity index (χ0) is 18.9. The Balaban J connectivity index is 1.74. The molecule has 0 aromatic heterocycles. The van der Waals surface area contributed by atoms with E-state index in [0.29, 0.717) is 12.4 Å². The van der Waals surface area contributed by atoms with Gasteiger partial charge < -0.3 is 5.11 Å². The van der Waals surface area contributed by atoms with Crippen molar-refractivity contribution in [2.45, 2.75) is 110 Å². The molecule has 0 fully saturated rings. The van der Waals surface area contributed by atoms with Crippen LogP contribution in [0.4, 0.5) is 0 Å². The molecule has 1 heterocycles. The molecule has 0 radical (unpaired) electrons. The van der Waals surface area contributed by atoms with E-state index in [1.165, 1.54) is 96.3 Å². The summed E-state index contributed by atoms with van der Waals surface area (Å²) in [6.45, 7) is 2.96. The Bertz CT molecular complexity index is 433. The molecule has 0 spiro atoms. The second-order valence-electron chi connectivity index (χ2n) is 7.41. The summed E-state index contributed by atoms with van der Waals surface area (Å²) in [6, 6.07) is 0. The number of amidine groups is 1. The van der Waals surface area contributed by atoms with Gasteiger partial charge in [-0.3, -0.25) is 10.4 Å². The molecule has 0 unspecified atom stereocenters. The van der Waals surface area contributed by atoms with E-state index in [1.54, 1.807) is 0 Å². The van der Waals surface area contributed by atoms with Crippen molar-refractivity contribution in [1.82, 2.24) is 5.43 Å². The van der Waals surface area contributed by atoms with Gasteiger partial charge in [0.1, 0.15) is 0 Å². The molecule has 26 heavy (non-hydrogen) atoms. The van der Waals surface area contributed by atoms with E-state index in [-0.39, 0.29) is 5.71 Å². The fourth-order valence-corrected chi connectivity index (χ4v) is 3.27. The highest BCUT2D eigenvalue weighted by Gasteiger charge is 2.24. The van der Waals surface area contributed by atoms with Crippen molar-refractivity contribution in [1.29, 1.82) is 0 Å². The molecule has 1 rings (SSSR count). The molecular weight excluding hydrogens is 326 g/mol. The maximum Gasteiger partial charge on any atom is 0.360 e. The minimum absolute atomic E-state index is 0.0569. The van der Waals surface area contributed by atoms with Gasteiger partial charge in [0.15, 0.2) is 5.84 Å². The van der Waals surface area contributed by atoms with Crippen molar-refractivity contribution in [3.8, 4) is 0 Å². The van der Waals surface area contributed by atoms with Crippen LogP contribution in [0.25, 0.3) is 0 Å². The molecule has 5 nitrogen and oxygen atoms in total. The lowest BCUT2D eigenvalue weighted by molar-refractivity contribution is -0.129. The smallest absolute Gasteiger partial charge is 0.360 e.